The summed E-state index contributed by atoms with van der Waals surface area (Å²) in [5.74, 6) is -0.168. The number of carbonyl (C=O) groups is 1. The molecule has 184 valence electrons. The zero-order valence-corrected chi connectivity index (χ0v) is 20.6. The molecule has 4 rings (SSSR count). The summed E-state index contributed by atoms with van der Waals surface area (Å²) in [6.45, 7) is 6.75. The van der Waals surface area contributed by atoms with Crippen LogP contribution in [-0.2, 0) is 16.6 Å². The van der Waals surface area contributed by atoms with Crippen molar-refractivity contribution in [2.45, 2.75) is 44.2 Å². The number of rotatable bonds is 6. The van der Waals surface area contributed by atoms with Gasteiger partial charge in [-0.1, -0.05) is 25.1 Å². The van der Waals surface area contributed by atoms with Gasteiger partial charge in [0, 0.05) is 23.8 Å². The van der Waals surface area contributed by atoms with Crippen molar-refractivity contribution in [1.29, 1.82) is 0 Å². The number of aliphatic hydroxyl groups excluding tert-OH is 1. The monoisotopic (exact) mass is 496 g/mol. The number of aromatic nitrogens is 2. The second-order valence-corrected chi connectivity index (χ2v) is 11.1. The van der Waals surface area contributed by atoms with Gasteiger partial charge < -0.3 is 15.0 Å². The first kappa shape index (κ1) is 24.6. The normalized spacial score (nSPS) is 17.4. The van der Waals surface area contributed by atoms with Crippen molar-refractivity contribution in [2.24, 2.45) is 5.92 Å². The Kier molecular flexibility index (Phi) is 6.52. The van der Waals surface area contributed by atoms with E-state index in [0.717, 1.165) is 23.6 Å². The average Bonchev–Trinajstić information content (AvgIpc) is 3.10. The molecular formula is C25H28N4O5S. The number of aromatic amines is 1. The van der Waals surface area contributed by atoms with E-state index in [9.17, 15) is 23.1 Å². The van der Waals surface area contributed by atoms with Crippen LogP contribution in [-0.4, -0.2) is 41.5 Å². The molecular weight excluding hydrogens is 468 g/mol. The van der Waals surface area contributed by atoms with Crippen LogP contribution in [0.4, 0.5) is 5.82 Å². The van der Waals surface area contributed by atoms with Gasteiger partial charge in [0.05, 0.1) is 17.9 Å². The number of pyridine rings is 2. The lowest BCUT2D eigenvalue weighted by atomic mass is 9.97. The number of nitrogens with zero attached hydrogens (tertiary/aromatic N) is 2. The van der Waals surface area contributed by atoms with Crippen molar-refractivity contribution in [3.63, 3.8) is 0 Å². The smallest absolute Gasteiger partial charge is 0.269 e. The molecule has 2 aromatic heterocycles. The van der Waals surface area contributed by atoms with Crippen molar-refractivity contribution >= 4 is 21.7 Å². The molecule has 1 aromatic carbocycles. The summed E-state index contributed by atoms with van der Waals surface area (Å²) in [6, 6.07) is 13.0. The average molecular weight is 497 g/mol. The number of aliphatic hydroxyl groups is 1. The van der Waals surface area contributed by atoms with Gasteiger partial charge in [-0.25, -0.2) is 18.1 Å². The Hall–Kier alpha value is -3.50. The number of anilines is 1. The highest BCUT2D eigenvalue weighted by atomic mass is 32.2. The summed E-state index contributed by atoms with van der Waals surface area (Å²) < 4.78 is 27.6. The summed E-state index contributed by atoms with van der Waals surface area (Å²) in [5.41, 5.74) is 1.03. The highest BCUT2D eigenvalue weighted by Crippen LogP contribution is 2.38. The first-order valence-electron chi connectivity index (χ1n) is 11.3. The largest absolute Gasteiger partial charge is 0.392 e. The van der Waals surface area contributed by atoms with Crippen molar-refractivity contribution in [1.82, 2.24) is 14.7 Å². The quantitative estimate of drug-likeness (QED) is 0.478. The van der Waals surface area contributed by atoms with Gasteiger partial charge in [-0.05, 0) is 62.1 Å². The number of hydrogen-bond donors (Lipinski definition) is 3. The summed E-state index contributed by atoms with van der Waals surface area (Å²) >= 11 is 0. The van der Waals surface area contributed by atoms with Gasteiger partial charge in [-0.3, -0.25) is 9.59 Å². The predicted molar refractivity (Wildman–Crippen MR) is 133 cm³/mol. The van der Waals surface area contributed by atoms with Crippen LogP contribution in [0.5, 0.6) is 0 Å². The van der Waals surface area contributed by atoms with Crippen LogP contribution in [0, 0.1) is 5.92 Å². The van der Waals surface area contributed by atoms with Crippen LogP contribution in [0.15, 0.2) is 64.4 Å². The van der Waals surface area contributed by atoms with Gasteiger partial charge >= 0.3 is 0 Å². The second-order valence-electron chi connectivity index (χ2n) is 9.46. The van der Waals surface area contributed by atoms with E-state index in [-0.39, 0.29) is 17.7 Å². The van der Waals surface area contributed by atoms with Crippen LogP contribution in [0.1, 0.15) is 43.1 Å². The van der Waals surface area contributed by atoms with Crippen LogP contribution in [0.2, 0.25) is 0 Å². The molecule has 0 saturated carbocycles. The van der Waals surface area contributed by atoms with E-state index in [0.29, 0.717) is 24.0 Å². The highest BCUT2D eigenvalue weighted by molar-refractivity contribution is 7.90. The number of amides is 1. The van der Waals surface area contributed by atoms with E-state index >= 15 is 0 Å². The van der Waals surface area contributed by atoms with E-state index in [1.165, 1.54) is 12.3 Å². The molecule has 0 unspecified atom stereocenters. The van der Waals surface area contributed by atoms with E-state index < -0.39 is 26.4 Å². The lowest BCUT2D eigenvalue weighted by molar-refractivity contribution is 0.0981. The van der Waals surface area contributed by atoms with Crippen molar-refractivity contribution in [3.05, 3.63) is 76.2 Å². The Balaban J connectivity index is 1.79. The van der Waals surface area contributed by atoms with Crippen molar-refractivity contribution in [2.75, 3.05) is 11.4 Å². The third-order valence-corrected chi connectivity index (χ3v) is 7.51. The second kappa shape index (κ2) is 9.27. The Morgan fingerprint density at radius 2 is 2.00 bits per heavy atom. The van der Waals surface area contributed by atoms with E-state index in [4.69, 9.17) is 4.98 Å². The van der Waals surface area contributed by atoms with Gasteiger partial charge in [-0.2, -0.15) is 0 Å². The topological polar surface area (TPSA) is 132 Å². The summed E-state index contributed by atoms with van der Waals surface area (Å²) in [5, 5.41) is 9.51. The van der Waals surface area contributed by atoms with Gasteiger partial charge in [0.2, 0.25) is 0 Å². The third kappa shape index (κ3) is 4.98. The first-order chi connectivity index (χ1) is 16.5. The zero-order valence-electron chi connectivity index (χ0n) is 19.8. The molecule has 0 spiro atoms. The predicted octanol–water partition coefficient (Wildman–Crippen LogP) is 2.67. The molecule has 9 nitrogen and oxygen atoms in total. The number of nitrogens with one attached hydrogen (secondary N) is 2. The molecule has 10 heteroatoms. The summed E-state index contributed by atoms with van der Waals surface area (Å²) in [4.78, 5) is 33.8. The standard InChI is InChI=1S/C25H28N4O5S/c1-16-13-25(2,3)29(14-16)22-19(9-10-20(27-22)18-7-4-6-17(12-18)15-30)23(31)28-35(33,34)21-8-5-11-26-24(21)32/h4-12,16,30H,13-15H2,1-3H3,(H,26,32)(H,28,31)/t16-/m0/s1. The maximum atomic E-state index is 13.3. The van der Waals surface area contributed by atoms with Crippen molar-refractivity contribution in [3.8, 4) is 11.3 Å². The van der Waals surface area contributed by atoms with Gasteiger partial charge in [0.25, 0.3) is 21.5 Å². The molecule has 1 atom stereocenters. The van der Waals surface area contributed by atoms with E-state index in [1.807, 2.05) is 27.8 Å². The van der Waals surface area contributed by atoms with Gasteiger partial charge in [0.15, 0.2) is 4.90 Å². The summed E-state index contributed by atoms with van der Waals surface area (Å²) in [6.07, 6.45) is 2.18. The van der Waals surface area contributed by atoms with Crippen LogP contribution < -0.4 is 15.2 Å². The zero-order chi connectivity index (χ0) is 25.4. The minimum absolute atomic E-state index is 0.0881. The maximum absolute atomic E-state index is 13.3. The lowest BCUT2D eigenvalue weighted by Gasteiger charge is -2.34. The Bertz CT molecular complexity index is 1430. The van der Waals surface area contributed by atoms with Crippen LogP contribution in [0.3, 0.4) is 0 Å². The summed E-state index contributed by atoms with van der Waals surface area (Å²) in [7, 11) is -4.41. The highest BCUT2D eigenvalue weighted by Gasteiger charge is 2.39. The SMILES string of the molecule is C[C@@H]1CN(c2nc(-c3cccc(CO)c3)ccc2C(=O)NS(=O)(=O)c2ccc[nH]c2=O)C(C)(C)C1. The molecule has 3 N–H and O–H groups in total. The Morgan fingerprint density at radius 1 is 1.23 bits per heavy atom. The lowest BCUT2D eigenvalue weighted by Crippen LogP contribution is -2.41. The number of H-pyrrole nitrogens is 1. The third-order valence-electron chi connectivity index (χ3n) is 6.15. The van der Waals surface area contributed by atoms with Gasteiger partial charge in [-0.15, -0.1) is 0 Å². The molecule has 1 saturated heterocycles. The van der Waals surface area contributed by atoms with Crippen molar-refractivity contribution < 1.29 is 18.3 Å². The fraction of sp³-hybridized carbons (Fsp3) is 0.320. The molecule has 35 heavy (non-hydrogen) atoms. The number of sulfonamides is 1. The first-order valence-corrected chi connectivity index (χ1v) is 12.7. The molecule has 1 aliphatic heterocycles. The molecule has 3 heterocycles. The molecule has 1 fully saturated rings. The minimum Gasteiger partial charge on any atom is -0.392 e. The molecule has 1 amide bonds. The fourth-order valence-corrected chi connectivity index (χ4v) is 5.66. The Labute approximate surface area is 203 Å². The number of benzene rings is 1. The maximum Gasteiger partial charge on any atom is 0.269 e. The number of carbonyl (C=O) groups excluding carboxylic acids is 1. The van der Waals surface area contributed by atoms with E-state index in [2.05, 4.69) is 25.8 Å². The van der Waals surface area contributed by atoms with Crippen LogP contribution >= 0.6 is 0 Å². The molecule has 0 radical (unpaired) electrons. The molecule has 0 bridgehead atoms. The minimum atomic E-state index is -4.41. The number of hydrogen-bond acceptors (Lipinski definition) is 7. The van der Waals surface area contributed by atoms with E-state index in [1.54, 1.807) is 18.2 Å². The molecule has 1 aliphatic rings. The molecule has 3 aromatic rings. The van der Waals surface area contributed by atoms with Crippen LogP contribution in [0.25, 0.3) is 11.3 Å². The van der Waals surface area contributed by atoms with Gasteiger partial charge in [0.1, 0.15) is 5.82 Å². The molecule has 0 aliphatic carbocycles. The fourth-order valence-electron chi connectivity index (χ4n) is 4.63. The Morgan fingerprint density at radius 3 is 2.66 bits per heavy atom.